The molecule has 0 radical (unpaired) electrons. The zero-order valence-electron chi connectivity index (χ0n) is 24.9. The lowest BCUT2D eigenvalue weighted by Gasteiger charge is -2.33. The number of aromatic amines is 1. The number of ether oxygens (including phenoxy) is 1. The van der Waals surface area contributed by atoms with Gasteiger partial charge in [-0.2, -0.15) is 0 Å². The number of fused-ring (bicyclic) bond motifs is 2. The number of hydrogen-bond donors (Lipinski definition) is 2. The summed E-state index contributed by atoms with van der Waals surface area (Å²) in [6, 6.07) is 13.5. The van der Waals surface area contributed by atoms with E-state index in [1.54, 1.807) is 24.6 Å². The summed E-state index contributed by atoms with van der Waals surface area (Å²) in [6.07, 6.45) is -0.0364. The molecule has 1 aliphatic heterocycles. The predicted octanol–water partition coefficient (Wildman–Crippen LogP) is 4.94. The highest BCUT2D eigenvalue weighted by atomic mass is 16.5. The van der Waals surface area contributed by atoms with Crippen molar-refractivity contribution in [2.45, 2.75) is 66.7 Å². The van der Waals surface area contributed by atoms with Crippen LogP contribution < -0.4 is 10.3 Å². The lowest BCUT2D eigenvalue weighted by Crippen LogP contribution is -2.36. The molecular formula is C32H39N5O4. The smallest absolute Gasteiger partial charge is 0.310 e. The number of pyridine rings is 1. The van der Waals surface area contributed by atoms with Gasteiger partial charge in [-0.05, 0) is 73.6 Å². The fraction of sp³-hybridized carbons (Fsp3) is 0.438. The molecule has 216 valence electrons. The van der Waals surface area contributed by atoms with Crippen molar-refractivity contribution in [3.8, 4) is 5.75 Å². The van der Waals surface area contributed by atoms with Crippen molar-refractivity contribution in [3.05, 3.63) is 86.3 Å². The Morgan fingerprint density at radius 3 is 2.63 bits per heavy atom. The third kappa shape index (κ3) is 5.38. The van der Waals surface area contributed by atoms with Crippen LogP contribution in [0.3, 0.4) is 0 Å². The first-order valence-corrected chi connectivity index (χ1v) is 14.1. The summed E-state index contributed by atoms with van der Waals surface area (Å²) < 4.78 is 8.05. The lowest BCUT2D eigenvalue weighted by molar-refractivity contribution is -0.147. The molecule has 2 aromatic heterocycles. The number of aliphatic carboxylic acids is 1. The number of benzene rings is 2. The molecule has 0 aliphatic carbocycles. The second-order valence-electron chi connectivity index (χ2n) is 12.2. The Balaban J connectivity index is 1.57. The second-order valence-corrected chi connectivity index (χ2v) is 12.2. The average Bonchev–Trinajstić information content (AvgIpc) is 3.18. The zero-order valence-corrected chi connectivity index (χ0v) is 24.9. The van der Waals surface area contributed by atoms with Gasteiger partial charge in [-0.15, -0.1) is 5.10 Å². The summed E-state index contributed by atoms with van der Waals surface area (Å²) >= 11 is 0. The topological polar surface area (TPSA) is 113 Å². The summed E-state index contributed by atoms with van der Waals surface area (Å²) in [5.74, 6) is -0.288. The molecule has 0 saturated heterocycles. The molecule has 3 heterocycles. The second kappa shape index (κ2) is 10.8. The number of nitrogens with one attached hydrogen (secondary N) is 1. The lowest BCUT2D eigenvalue weighted by atomic mass is 9.69. The number of nitrogens with zero attached hydrogens (tertiary/aromatic N) is 4. The molecule has 5 rings (SSSR count). The first-order valence-electron chi connectivity index (χ1n) is 14.1. The Labute approximate surface area is 240 Å². The van der Waals surface area contributed by atoms with Crippen LogP contribution in [0, 0.1) is 25.2 Å². The van der Waals surface area contributed by atoms with Gasteiger partial charge in [0.2, 0.25) is 5.56 Å². The molecule has 2 atom stereocenters. The van der Waals surface area contributed by atoms with Gasteiger partial charge in [-0.3, -0.25) is 14.5 Å². The highest BCUT2D eigenvalue weighted by molar-refractivity contribution is 5.81. The molecular weight excluding hydrogens is 518 g/mol. The summed E-state index contributed by atoms with van der Waals surface area (Å²) in [7, 11) is 1.85. The minimum atomic E-state index is -1.09. The molecule has 0 fully saturated rings. The van der Waals surface area contributed by atoms with Gasteiger partial charge in [0.15, 0.2) is 0 Å². The van der Waals surface area contributed by atoms with Crippen LogP contribution >= 0.6 is 0 Å². The SMILES string of the molecule is Cc1ccc([C@@H](c2ccc3c(nnn3C)c2C)C(C)(C)C(=O)O)cc1CN1Cc2[nH]c(=O)ccc2O[C@H](C(C)C)C1. The van der Waals surface area contributed by atoms with Crippen molar-refractivity contribution >= 4 is 17.0 Å². The molecule has 0 saturated carbocycles. The Bertz CT molecular complexity index is 1670. The third-order valence-corrected chi connectivity index (χ3v) is 8.56. The number of rotatable bonds is 7. The van der Waals surface area contributed by atoms with Gasteiger partial charge in [0, 0.05) is 38.7 Å². The first-order chi connectivity index (χ1) is 19.4. The highest BCUT2D eigenvalue weighted by Gasteiger charge is 2.40. The van der Waals surface area contributed by atoms with Gasteiger partial charge < -0.3 is 14.8 Å². The monoisotopic (exact) mass is 557 g/mol. The molecule has 0 amide bonds. The summed E-state index contributed by atoms with van der Waals surface area (Å²) in [5.41, 5.74) is 6.23. The maximum atomic E-state index is 12.7. The number of hydrogen-bond acceptors (Lipinski definition) is 6. The van der Waals surface area contributed by atoms with Crippen molar-refractivity contribution < 1.29 is 14.6 Å². The zero-order chi connectivity index (χ0) is 29.6. The van der Waals surface area contributed by atoms with Gasteiger partial charge in [-0.25, -0.2) is 4.68 Å². The Morgan fingerprint density at radius 1 is 1.17 bits per heavy atom. The van der Waals surface area contributed by atoms with E-state index in [9.17, 15) is 14.7 Å². The average molecular weight is 558 g/mol. The number of aromatic nitrogens is 4. The summed E-state index contributed by atoms with van der Waals surface area (Å²) in [5, 5.41) is 18.9. The molecule has 4 aromatic rings. The molecule has 9 nitrogen and oxygen atoms in total. The molecule has 1 aliphatic rings. The van der Waals surface area contributed by atoms with Gasteiger partial charge in [0.1, 0.15) is 17.4 Å². The fourth-order valence-corrected chi connectivity index (χ4v) is 5.89. The minimum Gasteiger partial charge on any atom is -0.487 e. The predicted molar refractivity (Wildman–Crippen MR) is 158 cm³/mol. The van der Waals surface area contributed by atoms with Crippen LogP contribution in [0.5, 0.6) is 5.75 Å². The number of carboxylic acid groups (broad SMARTS) is 1. The molecule has 2 aromatic carbocycles. The van der Waals surface area contributed by atoms with Crippen molar-refractivity contribution in [1.82, 2.24) is 24.9 Å². The Hall–Kier alpha value is -3.98. The van der Waals surface area contributed by atoms with E-state index in [1.807, 2.05) is 32.2 Å². The van der Waals surface area contributed by atoms with E-state index in [0.29, 0.717) is 19.6 Å². The summed E-state index contributed by atoms with van der Waals surface area (Å²) in [4.78, 5) is 30.0. The highest BCUT2D eigenvalue weighted by Crippen LogP contribution is 2.44. The molecule has 2 N–H and O–H groups in total. The van der Waals surface area contributed by atoms with Crippen molar-refractivity contribution in [1.29, 1.82) is 0 Å². The normalized spacial score (nSPS) is 16.8. The van der Waals surface area contributed by atoms with Crippen molar-refractivity contribution in [2.24, 2.45) is 18.4 Å². The number of H-pyrrole nitrogens is 1. The van der Waals surface area contributed by atoms with Crippen molar-refractivity contribution in [3.63, 3.8) is 0 Å². The molecule has 0 unspecified atom stereocenters. The first kappa shape index (κ1) is 28.5. The summed E-state index contributed by atoms with van der Waals surface area (Å²) in [6.45, 7) is 13.8. The van der Waals surface area contributed by atoms with E-state index < -0.39 is 17.3 Å². The van der Waals surface area contributed by atoms with E-state index in [1.165, 1.54) is 6.07 Å². The standard InChI is InChI=1S/C32H39N5O4/c1-18(2)27-17-37(16-24-26(41-27)12-13-28(38)33-24)15-22-14-21(9-8-19(22)3)29(32(5,6)31(39)40)23-10-11-25-30(20(23)4)34-35-36(25)7/h8-14,18,27,29H,15-17H2,1-7H3,(H,33,38)(H,39,40)/t27-,29-/m0/s1. The van der Waals surface area contributed by atoms with Gasteiger partial charge >= 0.3 is 5.97 Å². The maximum absolute atomic E-state index is 12.7. The van der Waals surface area contributed by atoms with E-state index in [2.05, 4.69) is 53.1 Å². The quantitative estimate of drug-likeness (QED) is 0.331. The van der Waals surface area contributed by atoms with E-state index in [4.69, 9.17) is 4.74 Å². The molecule has 0 spiro atoms. The minimum absolute atomic E-state index is 0.0364. The van der Waals surface area contributed by atoms with Gasteiger partial charge in [0.05, 0.1) is 16.6 Å². The Kier molecular flexibility index (Phi) is 7.50. The van der Waals surface area contributed by atoms with E-state index >= 15 is 0 Å². The number of aryl methyl sites for hydroxylation is 3. The fourth-order valence-electron chi connectivity index (χ4n) is 5.89. The van der Waals surface area contributed by atoms with Gasteiger partial charge in [-0.1, -0.05) is 43.3 Å². The third-order valence-electron chi connectivity index (χ3n) is 8.56. The van der Waals surface area contributed by atoms with Crippen LogP contribution in [0.2, 0.25) is 0 Å². The van der Waals surface area contributed by atoms with Crippen LogP contribution in [-0.4, -0.2) is 48.6 Å². The maximum Gasteiger partial charge on any atom is 0.310 e. The molecule has 9 heteroatoms. The van der Waals surface area contributed by atoms with Crippen LogP contribution in [-0.2, 0) is 24.9 Å². The molecule has 41 heavy (non-hydrogen) atoms. The van der Waals surface area contributed by atoms with E-state index in [-0.39, 0.29) is 17.6 Å². The largest absolute Gasteiger partial charge is 0.487 e. The van der Waals surface area contributed by atoms with Crippen molar-refractivity contribution in [2.75, 3.05) is 6.54 Å². The Morgan fingerprint density at radius 2 is 1.93 bits per heavy atom. The van der Waals surface area contributed by atoms with Crippen LogP contribution in [0.15, 0.2) is 47.3 Å². The van der Waals surface area contributed by atoms with Crippen LogP contribution in [0.25, 0.3) is 11.0 Å². The van der Waals surface area contributed by atoms with Crippen LogP contribution in [0.4, 0.5) is 0 Å². The number of carbonyl (C=O) groups is 1. The van der Waals surface area contributed by atoms with Gasteiger partial charge in [0.25, 0.3) is 0 Å². The van der Waals surface area contributed by atoms with E-state index in [0.717, 1.165) is 50.3 Å². The molecule has 0 bridgehead atoms. The number of carboxylic acids is 1. The van der Waals surface area contributed by atoms with Crippen LogP contribution in [0.1, 0.15) is 67.1 Å².